The number of hydrogen-bond acceptors (Lipinski definition) is 4. The van der Waals surface area contributed by atoms with Gasteiger partial charge in [0.1, 0.15) is 0 Å². The molecule has 9 heteroatoms. The molecule has 2 aromatic carbocycles. The summed E-state index contributed by atoms with van der Waals surface area (Å²) in [5, 5.41) is 2.01. The van der Waals surface area contributed by atoms with Gasteiger partial charge in [0.2, 0.25) is 0 Å². The Balaban J connectivity index is 1.50. The van der Waals surface area contributed by atoms with Crippen molar-refractivity contribution in [1.29, 1.82) is 0 Å². The van der Waals surface area contributed by atoms with Crippen molar-refractivity contribution < 1.29 is 22.7 Å². The Morgan fingerprint density at radius 1 is 1.09 bits per heavy atom. The van der Waals surface area contributed by atoms with Crippen molar-refractivity contribution in [2.45, 2.75) is 19.5 Å². The highest BCUT2D eigenvalue weighted by Gasteiger charge is 2.30. The van der Waals surface area contributed by atoms with Crippen molar-refractivity contribution in [3.8, 4) is 11.3 Å². The molecule has 0 saturated carbocycles. The molecule has 0 saturated heterocycles. The van der Waals surface area contributed by atoms with Crippen LogP contribution in [0.15, 0.2) is 60.1 Å². The maximum absolute atomic E-state index is 13.0. The monoisotopic (exact) mass is 487 g/mol. The van der Waals surface area contributed by atoms with E-state index in [1.165, 1.54) is 29.0 Å². The van der Waals surface area contributed by atoms with E-state index in [9.17, 15) is 18.0 Å². The zero-order valence-corrected chi connectivity index (χ0v) is 19.6. The molecule has 0 spiro atoms. The molecule has 0 aliphatic carbocycles. The van der Waals surface area contributed by atoms with E-state index in [4.69, 9.17) is 9.72 Å². The zero-order valence-electron chi connectivity index (χ0n) is 18.8. The summed E-state index contributed by atoms with van der Waals surface area (Å²) in [5.74, 6) is -0.330. The highest BCUT2D eigenvalue weighted by molar-refractivity contribution is 7.15. The molecule has 34 heavy (non-hydrogen) atoms. The molecule has 2 heterocycles. The van der Waals surface area contributed by atoms with E-state index in [0.717, 1.165) is 34.0 Å². The average Bonchev–Trinajstić information content (AvgIpc) is 3.40. The lowest BCUT2D eigenvalue weighted by Crippen LogP contribution is -2.35. The minimum Gasteiger partial charge on any atom is -0.383 e. The van der Waals surface area contributed by atoms with Crippen LogP contribution < -0.4 is 0 Å². The standard InChI is InChI=1S/C25H24F3N3O2S/c1-17-3-5-18(6-4-17)22-15-31-21(16-34-24(31)29-22)11-12-30(13-14-33-2)23(32)19-7-9-20(10-8-19)25(26,27)28/h3-10,15-16H,11-14H2,1-2H3. The zero-order chi connectivity index (χ0) is 24.3. The summed E-state index contributed by atoms with van der Waals surface area (Å²) < 4.78 is 45.7. The number of carbonyl (C=O) groups excluding carboxylic acids is 1. The number of imidazole rings is 1. The molecule has 5 nitrogen and oxygen atoms in total. The van der Waals surface area contributed by atoms with Gasteiger partial charge in [0.15, 0.2) is 4.96 Å². The third kappa shape index (κ3) is 5.31. The lowest BCUT2D eigenvalue weighted by atomic mass is 10.1. The molecule has 0 unspecified atom stereocenters. The van der Waals surface area contributed by atoms with E-state index in [1.54, 1.807) is 12.0 Å². The molecule has 2 aromatic heterocycles. The number of aromatic nitrogens is 2. The lowest BCUT2D eigenvalue weighted by Gasteiger charge is -2.22. The van der Waals surface area contributed by atoms with Crippen LogP contribution in [0.2, 0.25) is 0 Å². The van der Waals surface area contributed by atoms with Crippen LogP contribution >= 0.6 is 11.3 Å². The number of rotatable bonds is 8. The van der Waals surface area contributed by atoms with Gasteiger partial charge in [-0.1, -0.05) is 29.8 Å². The Kier molecular flexibility index (Phi) is 7.04. The number of fused-ring (bicyclic) bond motifs is 1. The molecule has 0 aliphatic rings. The van der Waals surface area contributed by atoms with Crippen LogP contribution in [0.3, 0.4) is 0 Å². The molecular formula is C25H24F3N3O2S. The molecule has 0 atom stereocenters. The van der Waals surface area contributed by atoms with Crippen LogP contribution in [0.25, 0.3) is 16.2 Å². The fourth-order valence-electron chi connectivity index (χ4n) is 3.62. The van der Waals surface area contributed by atoms with E-state index in [2.05, 4.69) is 0 Å². The molecule has 178 valence electrons. The van der Waals surface area contributed by atoms with Gasteiger partial charge in [0, 0.05) is 55.0 Å². The fourth-order valence-corrected chi connectivity index (χ4v) is 4.53. The van der Waals surface area contributed by atoms with Crippen molar-refractivity contribution >= 4 is 22.2 Å². The van der Waals surface area contributed by atoms with Crippen LogP contribution in [-0.2, 0) is 17.3 Å². The van der Waals surface area contributed by atoms with Gasteiger partial charge in [-0.15, -0.1) is 11.3 Å². The summed E-state index contributed by atoms with van der Waals surface area (Å²) in [4.78, 5) is 20.2. The molecule has 4 rings (SSSR count). The largest absolute Gasteiger partial charge is 0.416 e. The summed E-state index contributed by atoms with van der Waals surface area (Å²) in [6, 6.07) is 12.5. The first kappa shape index (κ1) is 24.0. The predicted octanol–water partition coefficient (Wildman–Crippen LogP) is 5.72. The summed E-state index contributed by atoms with van der Waals surface area (Å²) >= 11 is 1.53. The van der Waals surface area contributed by atoms with Crippen LogP contribution in [0.4, 0.5) is 13.2 Å². The van der Waals surface area contributed by atoms with E-state index < -0.39 is 11.7 Å². The molecule has 0 radical (unpaired) electrons. The number of halogens is 3. The smallest absolute Gasteiger partial charge is 0.383 e. The van der Waals surface area contributed by atoms with Crippen molar-refractivity contribution in [1.82, 2.24) is 14.3 Å². The summed E-state index contributed by atoms with van der Waals surface area (Å²) in [7, 11) is 1.54. The summed E-state index contributed by atoms with van der Waals surface area (Å²) in [6.45, 7) is 3.10. The number of alkyl halides is 3. The Hall–Kier alpha value is -3.17. The molecule has 0 bridgehead atoms. The second-order valence-electron chi connectivity index (χ2n) is 7.98. The van der Waals surface area contributed by atoms with Crippen LogP contribution in [0, 0.1) is 6.92 Å². The molecule has 0 N–H and O–H groups in total. The molecule has 0 aliphatic heterocycles. The van der Waals surface area contributed by atoms with E-state index in [-0.39, 0.29) is 11.5 Å². The topological polar surface area (TPSA) is 46.8 Å². The van der Waals surface area contributed by atoms with Gasteiger partial charge >= 0.3 is 6.18 Å². The van der Waals surface area contributed by atoms with Crippen molar-refractivity contribution in [2.75, 3.05) is 26.8 Å². The summed E-state index contributed by atoms with van der Waals surface area (Å²) in [6.07, 6.45) is -1.88. The molecule has 0 fully saturated rings. The number of hydrogen-bond donors (Lipinski definition) is 0. The molecule has 4 aromatic rings. The van der Waals surface area contributed by atoms with E-state index >= 15 is 0 Å². The first-order valence-corrected chi connectivity index (χ1v) is 11.6. The third-order valence-electron chi connectivity index (χ3n) is 5.58. The van der Waals surface area contributed by atoms with Gasteiger partial charge in [-0.2, -0.15) is 13.2 Å². The number of thiazole rings is 1. The first-order valence-electron chi connectivity index (χ1n) is 10.7. The highest BCUT2D eigenvalue weighted by atomic mass is 32.1. The van der Waals surface area contributed by atoms with Gasteiger partial charge in [0.25, 0.3) is 5.91 Å². The van der Waals surface area contributed by atoms with Crippen molar-refractivity contribution in [3.05, 3.63) is 82.5 Å². The number of methoxy groups -OCH3 is 1. The quantitative estimate of drug-likeness (QED) is 0.319. The number of carbonyl (C=O) groups is 1. The number of nitrogens with zero attached hydrogens (tertiary/aromatic N) is 3. The number of amides is 1. The maximum atomic E-state index is 13.0. The van der Waals surface area contributed by atoms with Crippen LogP contribution in [0.1, 0.15) is 27.2 Å². The fraction of sp³-hybridized carbons (Fsp3) is 0.280. The minimum atomic E-state index is -4.44. The third-order valence-corrected chi connectivity index (χ3v) is 6.47. The Labute approximate surface area is 199 Å². The van der Waals surface area contributed by atoms with Gasteiger partial charge < -0.3 is 9.64 Å². The van der Waals surface area contributed by atoms with Gasteiger partial charge in [0.05, 0.1) is 17.9 Å². The normalized spacial score (nSPS) is 11.8. The van der Waals surface area contributed by atoms with Gasteiger partial charge in [-0.25, -0.2) is 4.98 Å². The average molecular weight is 488 g/mol. The summed E-state index contributed by atoms with van der Waals surface area (Å²) in [5.41, 5.74) is 3.53. The lowest BCUT2D eigenvalue weighted by molar-refractivity contribution is -0.137. The predicted molar refractivity (Wildman–Crippen MR) is 126 cm³/mol. The SMILES string of the molecule is COCCN(CCc1csc2nc(-c3ccc(C)cc3)cn12)C(=O)c1ccc(C(F)(F)F)cc1. The Morgan fingerprint density at radius 2 is 1.79 bits per heavy atom. The first-order chi connectivity index (χ1) is 16.3. The van der Waals surface area contributed by atoms with E-state index in [0.29, 0.717) is 26.1 Å². The van der Waals surface area contributed by atoms with Crippen molar-refractivity contribution in [2.24, 2.45) is 0 Å². The van der Waals surface area contributed by atoms with E-state index in [1.807, 2.05) is 47.2 Å². The number of benzene rings is 2. The minimum absolute atomic E-state index is 0.212. The number of ether oxygens (including phenoxy) is 1. The maximum Gasteiger partial charge on any atom is 0.416 e. The van der Waals surface area contributed by atoms with Crippen LogP contribution in [0.5, 0.6) is 0 Å². The molecular weight excluding hydrogens is 463 g/mol. The van der Waals surface area contributed by atoms with Gasteiger partial charge in [-0.3, -0.25) is 9.20 Å². The molecule has 1 amide bonds. The van der Waals surface area contributed by atoms with Crippen molar-refractivity contribution in [3.63, 3.8) is 0 Å². The second-order valence-corrected chi connectivity index (χ2v) is 8.82. The highest BCUT2D eigenvalue weighted by Crippen LogP contribution is 2.29. The van der Waals surface area contributed by atoms with Gasteiger partial charge in [-0.05, 0) is 31.2 Å². The second kappa shape index (κ2) is 9.99. The Bertz CT molecular complexity index is 1260. The van der Waals surface area contributed by atoms with Crippen LogP contribution in [-0.4, -0.2) is 47.0 Å². The Morgan fingerprint density at radius 3 is 2.44 bits per heavy atom. The number of aryl methyl sites for hydroxylation is 1.